The Kier molecular flexibility index (Phi) is 6.28. The summed E-state index contributed by atoms with van der Waals surface area (Å²) in [7, 11) is -3.80. The van der Waals surface area contributed by atoms with Crippen LogP contribution in [0.25, 0.3) is 0 Å². The van der Waals surface area contributed by atoms with Gasteiger partial charge in [0.05, 0.1) is 11.1 Å². The molecule has 0 saturated carbocycles. The fourth-order valence-electron chi connectivity index (χ4n) is 2.29. The highest BCUT2D eigenvalue weighted by Gasteiger charge is 2.12. The maximum absolute atomic E-state index is 13.0. The Bertz CT molecular complexity index is 1070. The van der Waals surface area contributed by atoms with Crippen LogP contribution < -0.4 is 9.57 Å². The van der Waals surface area contributed by atoms with Crippen molar-refractivity contribution in [3.8, 4) is 5.75 Å². The lowest BCUT2D eigenvalue weighted by atomic mass is 10.2. The summed E-state index contributed by atoms with van der Waals surface area (Å²) in [6, 6.07) is 18.8. The summed E-state index contributed by atoms with van der Waals surface area (Å²) in [4.78, 5) is 2.20. The molecule has 0 aliphatic rings. The van der Waals surface area contributed by atoms with Gasteiger partial charge >= 0.3 is 0 Å². The summed E-state index contributed by atoms with van der Waals surface area (Å²) in [5.41, 5.74) is 1.39. The predicted octanol–water partition coefficient (Wildman–Crippen LogP) is 4.37. The van der Waals surface area contributed by atoms with E-state index in [0.717, 1.165) is 5.56 Å². The molecule has 0 atom stereocenters. The van der Waals surface area contributed by atoms with E-state index in [1.807, 2.05) is 0 Å². The fourth-order valence-corrected chi connectivity index (χ4v) is 3.21. The van der Waals surface area contributed by atoms with Crippen LogP contribution in [0.2, 0.25) is 5.02 Å². The lowest BCUT2D eigenvalue weighted by Gasteiger charge is -2.09. The second-order valence-corrected chi connectivity index (χ2v) is 7.86. The first-order chi connectivity index (χ1) is 13.4. The van der Waals surface area contributed by atoms with Gasteiger partial charge in [-0.1, -0.05) is 35.9 Å². The molecule has 3 aromatic carbocycles. The van der Waals surface area contributed by atoms with Crippen molar-refractivity contribution >= 4 is 27.8 Å². The zero-order chi connectivity index (χ0) is 20.0. The standard InChI is InChI=1S/C20H16ClFN2O3S/c21-17-7-11-19(12-8-17)28(25,26)24-23-13-16-3-1-2-4-20(16)27-14-15-5-9-18(22)10-6-15/h1-13,24H,14H2/b23-13-. The molecular formula is C20H16ClFN2O3S. The van der Waals surface area contributed by atoms with Crippen LogP contribution in [0.4, 0.5) is 4.39 Å². The molecule has 8 heteroatoms. The van der Waals surface area contributed by atoms with Crippen molar-refractivity contribution in [1.82, 2.24) is 4.83 Å². The molecule has 0 amide bonds. The Hall–Kier alpha value is -2.90. The largest absolute Gasteiger partial charge is 0.488 e. The smallest absolute Gasteiger partial charge is 0.276 e. The lowest BCUT2D eigenvalue weighted by Crippen LogP contribution is -2.18. The van der Waals surface area contributed by atoms with Crippen LogP contribution in [0.1, 0.15) is 11.1 Å². The predicted molar refractivity (Wildman–Crippen MR) is 107 cm³/mol. The van der Waals surface area contributed by atoms with Crippen molar-refractivity contribution in [1.29, 1.82) is 0 Å². The number of para-hydroxylation sites is 1. The van der Waals surface area contributed by atoms with E-state index in [9.17, 15) is 12.8 Å². The number of rotatable bonds is 7. The molecule has 0 spiro atoms. The van der Waals surface area contributed by atoms with Gasteiger partial charge in [0.15, 0.2) is 0 Å². The van der Waals surface area contributed by atoms with Gasteiger partial charge in [0, 0.05) is 10.6 Å². The van der Waals surface area contributed by atoms with Crippen molar-refractivity contribution in [2.45, 2.75) is 11.5 Å². The molecular weight excluding hydrogens is 403 g/mol. The van der Waals surface area contributed by atoms with E-state index < -0.39 is 10.0 Å². The van der Waals surface area contributed by atoms with Crippen molar-refractivity contribution in [3.05, 3.63) is 94.8 Å². The van der Waals surface area contributed by atoms with E-state index in [1.54, 1.807) is 36.4 Å². The van der Waals surface area contributed by atoms with E-state index in [4.69, 9.17) is 16.3 Å². The van der Waals surface area contributed by atoms with Gasteiger partial charge in [-0.15, -0.1) is 0 Å². The van der Waals surface area contributed by atoms with E-state index in [1.165, 1.54) is 42.6 Å². The van der Waals surface area contributed by atoms with Crippen LogP contribution in [-0.4, -0.2) is 14.6 Å². The van der Waals surface area contributed by atoms with E-state index in [-0.39, 0.29) is 17.3 Å². The summed E-state index contributed by atoms with van der Waals surface area (Å²) in [6.45, 7) is 0.238. The molecule has 0 unspecified atom stereocenters. The summed E-state index contributed by atoms with van der Waals surface area (Å²) in [5.74, 6) is 0.200. The van der Waals surface area contributed by atoms with Gasteiger partial charge in [-0.05, 0) is 54.1 Å². The van der Waals surface area contributed by atoms with Gasteiger partial charge in [-0.3, -0.25) is 0 Å². The number of benzene rings is 3. The number of halogens is 2. The molecule has 0 aliphatic carbocycles. The van der Waals surface area contributed by atoms with Gasteiger partial charge in [0.2, 0.25) is 0 Å². The molecule has 0 saturated heterocycles. The highest BCUT2D eigenvalue weighted by molar-refractivity contribution is 7.89. The Labute approximate surface area is 167 Å². The molecule has 0 heterocycles. The number of hydrogen-bond acceptors (Lipinski definition) is 4. The number of hydrazone groups is 1. The number of nitrogens with one attached hydrogen (secondary N) is 1. The molecule has 28 heavy (non-hydrogen) atoms. The number of hydrogen-bond donors (Lipinski definition) is 1. The summed E-state index contributed by atoms with van der Waals surface area (Å²) >= 11 is 5.77. The average molecular weight is 419 g/mol. The second-order valence-electron chi connectivity index (χ2n) is 5.76. The maximum atomic E-state index is 13.0. The minimum atomic E-state index is -3.80. The van der Waals surface area contributed by atoms with Gasteiger partial charge in [0.1, 0.15) is 18.2 Å². The normalized spacial score (nSPS) is 11.5. The lowest BCUT2D eigenvalue weighted by molar-refractivity contribution is 0.305. The molecule has 0 aromatic heterocycles. The SMILES string of the molecule is O=S(=O)(N/N=C\c1ccccc1OCc1ccc(F)cc1)c1ccc(Cl)cc1. The number of nitrogens with zero attached hydrogens (tertiary/aromatic N) is 1. The minimum Gasteiger partial charge on any atom is -0.488 e. The van der Waals surface area contributed by atoms with Crippen molar-refractivity contribution in [3.63, 3.8) is 0 Å². The molecule has 5 nitrogen and oxygen atoms in total. The summed E-state index contributed by atoms with van der Waals surface area (Å²) in [5, 5.41) is 4.25. The van der Waals surface area contributed by atoms with Crippen molar-refractivity contribution in [2.24, 2.45) is 5.10 Å². The zero-order valence-corrected chi connectivity index (χ0v) is 16.1. The molecule has 0 radical (unpaired) electrons. The zero-order valence-electron chi connectivity index (χ0n) is 14.5. The van der Waals surface area contributed by atoms with Crippen LogP contribution in [-0.2, 0) is 16.6 Å². The van der Waals surface area contributed by atoms with Gasteiger partial charge in [-0.25, -0.2) is 9.22 Å². The van der Waals surface area contributed by atoms with Gasteiger partial charge in [-0.2, -0.15) is 13.5 Å². The van der Waals surface area contributed by atoms with E-state index in [0.29, 0.717) is 16.3 Å². The molecule has 0 aliphatic heterocycles. The van der Waals surface area contributed by atoms with Crippen LogP contribution in [0.3, 0.4) is 0 Å². The third kappa shape index (κ3) is 5.31. The Morgan fingerprint density at radius 3 is 2.39 bits per heavy atom. The first-order valence-electron chi connectivity index (χ1n) is 8.21. The first-order valence-corrected chi connectivity index (χ1v) is 10.1. The van der Waals surface area contributed by atoms with Crippen molar-refractivity contribution in [2.75, 3.05) is 0 Å². The van der Waals surface area contributed by atoms with Crippen LogP contribution in [0, 0.1) is 5.82 Å². The van der Waals surface area contributed by atoms with E-state index in [2.05, 4.69) is 9.93 Å². The summed E-state index contributed by atoms with van der Waals surface area (Å²) < 4.78 is 43.2. The topological polar surface area (TPSA) is 67.8 Å². The quantitative estimate of drug-likeness (QED) is 0.457. The number of sulfonamides is 1. The van der Waals surface area contributed by atoms with Gasteiger partial charge in [0.25, 0.3) is 10.0 Å². The second kappa shape index (κ2) is 8.86. The Balaban J connectivity index is 1.68. The highest BCUT2D eigenvalue weighted by Crippen LogP contribution is 2.18. The molecule has 1 N–H and O–H groups in total. The van der Waals surface area contributed by atoms with Crippen LogP contribution >= 0.6 is 11.6 Å². The molecule has 0 bridgehead atoms. The average Bonchev–Trinajstić information content (AvgIpc) is 2.69. The van der Waals surface area contributed by atoms with E-state index >= 15 is 0 Å². The monoisotopic (exact) mass is 418 g/mol. The third-order valence-corrected chi connectivity index (χ3v) is 5.22. The first kappa shape index (κ1) is 19.9. The fraction of sp³-hybridized carbons (Fsp3) is 0.0500. The van der Waals surface area contributed by atoms with Crippen LogP contribution in [0.5, 0.6) is 5.75 Å². The minimum absolute atomic E-state index is 0.0508. The van der Waals surface area contributed by atoms with Crippen LogP contribution in [0.15, 0.2) is 82.8 Å². The maximum Gasteiger partial charge on any atom is 0.276 e. The molecule has 0 fully saturated rings. The van der Waals surface area contributed by atoms with Crippen molar-refractivity contribution < 1.29 is 17.5 Å². The molecule has 3 aromatic rings. The third-order valence-electron chi connectivity index (χ3n) is 3.73. The molecule has 3 rings (SSSR count). The Morgan fingerprint density at radius 1 is 1.00 bits per heavy atom. The Morgan fingerprint density at radius 2 is 1.68 bits per heavy atom. The highest BCUT2D eigenvalue weighted by atomic mass is 35.5. The number of ether oxygens (including phenoxy) is 1. The molecule has 144 valence electrons. The summed E-state index contributed by atoms with van der Waals surface area (Å²) in [6.07, 6.45) is 1.35. The van der Waals surface area contributed by atoms with Gasteiger partial charge < -0.3 is 4.74 Å².